The minimum atomic E-state index is -1.02. The summed E-state index contributed by atoms with van der Waals surface area (Å²) in [6.45, 7) is 19.2. The number of carbonyl (C=O) groups is 3. The summed E-state index contributed by atoms with van der Waals surface area (Å²) in [6, 6.07) is -0.0877. The minimum absolute atomic E-state index is 0.0723. The van der Waals surface area contributed by atoms with Crippen molar-refractivity contribution < 1.29 is 19.1 Å². The normalized spacial score (nSPS) is 31.1. The molecule has 0 bridgehead atoms. The van der Waals surface area contributed by atoms with Crippen LogP contribution in [0, 0.1) is 17.8 Å². The maximum Gasteiger partial charge on any atom is 0.410 e. The van der Waals surface area contributed by atoms with Crippen molar-refractivity contribution >= 4 is 17.9 Å². The van der Waals surface area contributed by atoms with Crippen molar-refractivity contribution in [3.8, 4) is 0 Å². The van der Waals surface area contributed by atoms with Gasteiger partial charge in [0.2, 0.25) is 11.8 Å². The van der Waals surface area contributed by atoms with Gasteiger partial charge in [0.15, 0.2) is 0 Å². The van der Waals surface area contributed by atoms with Crippen molar-refractivity contribution in [2.45, 2.75) is 91.0 Å². The Balaban J connectivity index is 2.38. The van der Waals surface area contributed by atoms with Crippen molar-refractivity contribution in [2.75, 3.05) is 6.54 Å². The minimum Gasteiger partial charge on any atom is -0.444 e. The third-order valence-electron chi connectivity index (χ3n) is 6.12. The first-order chi connectivity index (χ1) is 13.6. The first-order valence-electron chi connectivity index (χ1n) is 10.8. The molecule has 0 radical (unpaired) electrons. The van der Waals surface area contributed by atoms with Gasteiger partial charge in [0.25, 0.3) is 0 Å². The van der Waals surface area contributed by atoms with Crippen molar-refractivity contribution in [1.82, 2.24) is 15.5 Å². The first-order valence-corrected chi connectivity index (χ1v) is 10.8. The quantitative estimate of drug-likeness (QED) is 0.682. The third kappa shape index (κ3) is 4.98. The number of fused-ring (bicyclic) bond motifs is 1. The van der Waals surface area contributed by atoms with Crippen LogP contribution in [0.1, 0.15) is 68.2 Å². The Morgan fingerprint density at radius 1 is 1.17 bits per heavy atom. The number of carbonyl (C=O) groups excluding carboxylic acids is 3. The number of allylic oxidation sites excluding steroid dienone is 1. The summed E-state index contributed by atoms with van der Waals surface area (Å²) in [5.74, 6) is -0.392. The van der Waals surface area contributed by atoms with Gasteiger partial charge in [-0.15, -0.1) is 6.58 Å². The highest BCUT2D eigenvalue weighted by molar-refractivity contribution is 5.92. The summed E-state index contributed by atoms with van der Waals surface area (Å²) in [5, 5.41) is 6.08. The lowest BCUT2D eigenvalue weighted by atomic mass is 9.79. The van der Waals surface area contributed by atoms with Gasteiger partial charge in [-0.1, -0.05) is 6.08 Å². The predicted molar refractivity (Wildman–Crippen MR) is 117 cm³/mol. The molecule has 170 valence electrons. The van der Waals surface area contributed by atoms with Crippen LogP contribution in [0.2, 0.25) is 0 Å². The largest absolute Gasteiger partial charge is 0.444 e. The van der Waals surface area contributed by atoms with Crippen molar-refractivity contribution in [3.63, 3.8) is 0 Å². The lowest BCUT2D eigenvalue weighted by Gasteiger charge is -2.39. The molecular weight excluding hydrogens is 382 g/mol. The van der Waals surface area contributed by atoms with Gasteiger partial charge in [0.1, 0.15) is 11.1 Å². The Labute approximate surface area is 181 Å². The number of rotatable bonds is 4. The predicted octanol–water partition coefficient (Wildman–Crippen LogP) is 3.24. The smallest absolute Gasteiger partial charge is 0.410 e. The summed E-state index contributed by atoms with van der Waals surface area (Å²) in [6.07, 6.45) is 2.53. The highest BCUT2D eigenvalue weighted by Gasteiger charge is 2.62. The zero-order valence-corrected chi connectivity index (χ0v) is 19.8. The molecule has 2 unspecified atom stereocenters. The number of hydrogen-bond acceptors (Lipinski definition) is 4. The monoisotopic (exact) mass is 421 g/mol. The van der Waals surface area contributed by atoms with Gasteiger partial charge in [-0.3, -0.25) is 9.59 Å². The van der Waals surface area contributed by atoms with E-state index in [0.717, 1.165) is 0 Å². The maximum absolute atomic E-state index is 13.5. The number of ether oxygens (including phenoxy) is 1. The van der Waals surface area contributed by atoms with Crippen LogP contribution in [0.25, 0.3) is 0 Å². The Hall–Kier alpha value is -2.05. The molecule has 1 heterocycles. The van der Waals surface area contributed by atoms with Crippen molar-refractivity contribution in [2.24, 2.45) is 17.8 Å². The van der Waals surface area contributed by atoms with Gasteiger partial charge in [0.05, 0.1) is 0 Å². The molecule has 2 fully saturated rings. The number of likely N-dealkylation sites (tertiary alicyclic amines) is 1. The van der Waals surface area contributed by atoms with Crippen LogP contribution in [-0.2, 0) is 14.3 Å². The first kappa shape index (κ1) is 24.2. The van der Waals surface area contributed by atoms with Gasteiger partial charge in [-0.05, 0) is 79.1 Å². The summed E-state index contributed by atoms with van der Waals surface area (Å²) >= 11 is 0. The fourth-order valence-electron chi connectivity index (χ4n) is 5.10. The molecule has 2 aliphatic rings. The molecule has 1 saturated heterocycles. The SMILES string of the molecule is C=CC[C@H]1C2CN(C(=O)OC(C)(C)C)[C@@H](C)[C@@H]2CC1(NC(C)=O)C(=O)NC(C)(C)C. The third-order valence-corrected chi connectivity index (χ3v) is 6.12. The number of nitrogens with one attached hydrogen (secondary N) is 2. The van der Waals surface area contributed by atoms with Crippen LogP contribution in [0.4, 0.5) is 4.79 Å². The molecule has 1 aliphatic heterocycles. The number of amides is 3. The number of nitrogens with zero attached hydrogens (tertiary/aromatic N) is 1. The molecule has 0 spiro atoms. The van der Waals surface area contributed by atoms with E-state index >= 15 is 0 Å². The summed E-state index contributed by atoms with van der Waals surface area (Å²) < 4.78 is 5.60. The van der Waals surface area contributed by atoms with Crippen LogP contribution < -0.4 is 10.6 Å². The molecule has 0 aromatic rings. The summed E-state index contributed by atoms with van der Waals surface area (Å²) in [4.78, 5) is 40.2. The van der Waals surface area contributed by atoms with E-state index in [9.17, 15) is 14.4 Å². The second-order valence-corrected chi connectivity index (χ2v) is 10.9. The molecular formula is C23H39N3O4. The Bertz CT molecular complexity index is 706. The van der Waals surface area contributed by atoms with Crippen LogP contribution in [0.15, 0.2) is 12.7 Å². The molecule has 1 aliphatic carbocycles. The molecule has 0 aromatic heterocycles. The molecule has 1 saturated carbocycles. The van der Waals surface area contributed by atoms with E-state index in [4.69, 9.17) is 4.74 Å². The molecule has 7 nitrogen and oxygen atoms in total. The highest BCUT2D eigenvalue weighted by atomic mass is 16.6. The van der Waals surface area contributed by atoms with Crippen LogP contribution in [-0.4, -0.2) is 52.1 Å². The zero-order valence-electron chi connectivity index (χ0n) is 19.8. The Morgan fingerprint density at radius 2 is 1.77 bits per heavy atom. The highest BCUT2D eigenvalue weighted by Crippen LogP contribution is 2.52. The molecule has 5 atom stereocenters. The lowest BCUT2D eigenvalue weighted by Crippen LogP contribution is -2.64. The Kier molecular flexibility index (Phi) is 6.65. The molecule has 0 aromatic carbocycles. The average Bonchev–Trinajstić information content (AvgIpc) is 3.00. The molecule has 2 rings (SSSR count). The summed E-state index contributed by atoms with van der Waals surface area (Å²) in [7, 11) is 0. The van der Waals surface area contributed by atoms with Gasteiger partial charge < -0.3 is 20.3 Å². The fraction of sp³-hybridized carbons (Fsp3) is 0.783. The van der Waals surface area contributed by atoms with E-state index in [1.54, 1.807) is 11.0 Å². The zero-order chi connectivity index (χ0) is 23.1. The average molecular weight is 422 g/mol. The van der Waals surface area contributed by atoms with Crippen molar-refractivity contribution in [1.29, 1.82) is 0 Å². The van der Waals surface area contributed by atoms with Gasteiger partial charge in [-0.25, -0.2) is 4.79 Å². The second-order valence-electron chi connectivity index (χ2n) is 10.9. The van der Waals surface area contributed by atoms with Gasteiger partial charge >= 0.3 is 6.09 Å². The maximum atomic E-state index is 13.5. The van der Waals surface area contributed by atoms with E-state index in [0.29, 0.717) is 19.4 Å². The molecule has 3 amide bonds. The van der Waals surface area contributed by atoms with Crippen molar-refractivity contribution in [3.05, 3.63) is 12.7 Å². The van der Waals surface area contributed by atoms with Gasteiger partial charge in [-0.2, -0.15) is 0 Å². The van der Waals surface area contributed by atoms with E-state index in [2.05, 4.69) is 17.2 Å². The van der Waals surface area contributed by atoms with E-state index in [1.807, 2.05) is 48.5 Å². The van der Waals surface area contributed by atoms with E-state index in [-0.39, 0.29) is 41.7 Å². The van der Waals surface area contributed by atoms with Crippen LogP contribution in [0.3, 0.4) is 0 Å². The van der Waals surface area contributed by atoms with E-state index in [1.165, 1.54) is 6.92 Å². The van der Waals surface area contributed by atoms with Crippen LogP contribution >= 0.6 is 0 Å². The summed E-state index contributed by atoms with van der Waals surface area (Å²) in [5.41, 5.74) is -2.01. The number of hydrogen-bond donors (Lipinski definition) is 2. The van der Waals surface area contributed by atoms with Crippen LogP contribution in [0.5, 0.6) is 0 Å². The lowest BCUT2D eigenvalue weighted by molar-refractivity contribution is -0.136. The molecule has 2 N–H and O–H groups in total. The fourth-order valence-corrected chi connectivity index (χ4v) is 5.10. The molecule has 30 heavy (non-hydrogen) atoms. The van der Waals surface area contributed by atoms with Gasteiger partial charge in [0, 0.05) is 25.0 Å². The van der Waals surface area contributed by atoms with E-state index < -0.39 is 16.7 Å². The Morgan fingerprint density at radius 3 is 2.23 bits per heavy atom. The standard InChI is InChI=1S/C23H39N3O4/c1-10-11-18-17-13-26(20(29)30-22(7,8)9)14(2)16(17)12-23(18,24-15(3)27)19(28)25-21(4,5)6/h10,14,16-18H,1,11-13H2,2-9H3,(H,24,27)(H,25,28)/t14-,16-,17?,18-,23?/m0/s1. The molecule has 7 heteroatoms. The topological polar surface area (TPSA) is 87.7 Å². The second kappa shape index (κ2) is 8.23.